The smallest absolute Gasteiger partial charge is 0.311 e. The van der Waals surface area contributed by atoms with Crippen LogP contribution in [0.3, 0.4) is 0 Å². The van der Waals surface area contributed by atoms with Gasteiger partial charge in [0.15, 0.2) is 9.84 Å². The molecule has 0 bridgehead atoms. The molecule has 30 heavy (non-hydrogen) atoms. The Morgan fingerprint density at radius 2 is 1.70 bits per heavy atom. The first-order valence-corrected chi connectivity index (χ1v) is 11.3. The zero-order valence-electron chi connectivity index (χ0n) is 17.2. The number of carbonyl (C=O) groups excluding carboxylic acids is 2. The number of ether oxygens (including phenoxy) is 2. The molecular formula is C22H27NO6S. The molecule has 1 amide bonds. The van der Waals surface area contributed by atoms with Gasteiger partial charge in [0, 0.05) is 19.2 Å². The maximum atomic E-state index is 12.5. The molecule has 0 radical (unpaired) electrons. The number of nitrogens with one attached hydrogen (secondary N) is 1. The van der Waals surface area contributed by atoms with Crippen molar-refractivity contribution in [3.63, 3.8) is 0 Å². The van der Waals surface area contributed by atoms with Crippen molar-refractivity contribution in [1.29, 1.82) is 0 Å². The Balaban J connectivity index is 2.03. The van der Waals surface area contributed by atoms with Crippen LogP contribution in [0.1, 0.15) is 22.8 Å². The summed E-state index contributed by atoms with van der Waals surface area (Å²) in [5, 5.41) is 2.74. The van der Waals surface area contributed by atoms with E-state index in [1.807, 2.05) is 30.3 Å². The van der Waals surface area contributed by atoms with E-state index >= 15 is 0 Å². The molecule has 0 saturated heterocycles. The van der Waals surface area contributed by atoms with Crippen molar-refractivity contribution < 1.29 is 27.5 Å². The highest BCUT2D eigenvalue weighted by Crippen LogP contribution is 2.14. The molecule has 2 rings (SSSR count). The number of esters is 1. The summed E-state index contributed by atoms with van der Waals surface area (Å²) in [6.07, 6.45) is 0.441. The molecular weight excluding hydrogens is 406 g/mol. The molecule has 1 N–H and O–H groups in total. The van der Waals surface area contributed by atoms with Crippen LogP contribution < -0.4 is 5.32 Å². The van der Waals surface area contributed by atoms with Gasteiger partial charge in [0.2, 0.25) is 0 Å². The predicted octanol–water partition coefficient (Wildman–Crippen LogP) is 2.26. The van der Waals surface area contributed by atoms with Gasteiger partial charge < -0.3 is 14.8 Å². The van der Waals surface area contributed by atoms with Gasteiger partial charge in [-0.2, -0.15) is 0 Å². The Kier molecular flexibility index (Phi) is 9.01. The highest BCUT2D eigenvalue weighted by Gasteiger charge is 2.22. The van der Waals surface area contributed by atoms with Crippen LogP contribution in [0.4, 0.5) is 0 Å². The minimum Gasteiger partial charge on any atom is -0.466 e. The van der Waals surface area contributed by atoms with E-state index in [0.717, 1.165) is 5.56 Å². The number of hydrogen-bond acceptors (Lipinski definition) is 6. The van der Waals surface area contributed by atoms with Gasteiger partial charge in [-0.1, -0.05) is 30.3 Å². The van der Waals surface area contributed by atoms with Crippen molar-refractivity contribution in [2.75, 3.05) is 32.6 Å². The number of sulfone groups is 1. The second kappa shape index (κ2) is 11.5. The molecule has 1 unspecified atom stereocenters. The third-order valence-electron chi connectivity index (χ3n) is 4.49. The summed E-state index contributed by atoms with van der Waals surface area (Å²) in [4.78, 5) is 24.9. The highest BCUT2D eigenvalue weighted by molar-refractivity contribution is 7.91. The van der Waals surface area contributed by atoms with E-state index < -0.39 is 21.7 Å². The summed E-state index contributed by atoms with van der Waals surface area (Å²) in [5.41, 5.74) is 1.28. The first-order chi connectivity index (χ1) is 14.4. The molecule has 7 nitrogen and oxygen atoms in total. The average molecular weight is 434 g/mol. The van der Waals surface area contributed by atoms with Crippen molar-refractivity contribution in [2.24, 2.45) is 5.92 Å². The number of carbonyl (C=O) groups is 2. The molecule has 162 valence electrons. The topological polar surface area (TPSA) is 98.8 Å². The second-order valence-corrected chi connectivity index (χ2v) is 8.79. The molecule has 0 heterocycles. The van der Waals surface area contributed by atoms with E-state index in [9.17, 15) is 18.0 Å². The van der Waals surface area contributed by atoms with E-state index in [2.05, 4.69) is 5.32 Å². The van der Waals surface area contributed by atoms with Crippen LogP contribution in [0.25, 0.3) is 0 Å². The Labute approximate surface area is 177 Å². The maximum absolute atomic E-state index is 12.5. The summed E-state index contributed by atoms with van der Waals surface area (Å²) < 4.78 is 34.3. The lowest BCUT2D eigenvalue weighted by molar-refractivity contribution is -0.147. The van der Waals surface area contributed by atoms with E-state index in [4.69, 9.17) is 9.47 Å². The molecule has 0 aliphatic carbocycles. The van der Waals surface area contributed by atoms with Gasteiger partial charge in [-0.25, -0.2) is 8.42 Å². The van der Waals surface area contributed by atoms with E-state index in [1.54, 1.807) is 6.92 Å². The monoisotopic (exact) mass is 433 g/mol. The fraction of sp³-hybridized carbons (Fsp3) is 0.364. The summed E-state index contributed by atoms with van der Waals surface area (Å²) in [7, 11) is -2.03. The fourth-order valence-corrected chi connectivity index (χ4v) is 4.01. The van der Waals surface area contributed by atoms with Gasteiger partial charge in [0.1, 0.15) is 0 Å². The molecule has 0 aliphatic heterocycles. The summed E-state index contributed by atoms with van der Waals surface area (Å²) >= 11 is 0. The van der Waals surface area contributed by atoms with Crippen LogP contribution in [-0.4, -0.2) is 52.9 Å². The SMILES string of the molecule is CCOC(=O)C(CNC(=O)c1ccc(S(=O)(=O)CCOC)cc1)Cc1ccccc1. The minimum atomic E-state index is -3.46. The van der Waals surface area contributed by atoms with Crippen molar-refractivity contribution in [3.8, 4) is 0 Å². The lowest BCUT2D eigenvalue weighted by atomic mass is 9.99. The number of methoxy groups -OCH3 is 1. The van der Waals surface area contributed by atoms with Crippen LogP contribution in [-0.2, 0) is 30.5 Å². The van der Waals surface area contributed by atoms with Crippen LogP contribution in [0, 0.1) is 5.92 Å². The molecule has 0 saturated carbocycles. The van der Waals surface area contributed by atoms with Crippen LogP contribution in [0.5, 0.6) is 0 Å². The number of rotatable bonds is 11. The number of hydrogen-bond donors (Lipinski definition) is 1. The lowest BCUT2D eigenvalue weighted by Gasteiger charge is -2.16. The molecule has 2 aromatic carbocycles. The number of benzene rings is 2. The summed E-state index contributed by atoms with van der Waals surface area (Å²) in [5.74, 6) is -1.42. The molecule has 0 spiro atoms. The third-order valence-corrected chi connectivity index (χ3v) is 6.18. The first kappa shape index (κ1) is 23.6. The quantitative estimate of drug-likeness (QED) is 0.546. The maximum Gasteiger partial charge on any atom is 0.311 e. The van der Waals surface area contributed by atoms with Gasteiger partial charge in [0.25, 0.3) is 5.91 Å². The van der Waals surface area contributed by atoms with Gasteiger partial charge in [0.05, 0.1) is 29.8 Å². The largest absolute Gasteiger partial charge is 0.466 e. The van der Waals surface area contributed by atoms with E-state index in [0.29, 0.717) is 12.0 Å². The molecule has 0 aromatic heterocycles. The van der Waals surface area contributed by atoms with E-state index in [-0.39, 0.29) is 36.4 Å². The van der Waals surface area contributed by atoms with Gasteiger partial charge in [-0.15, -0.1) is 0 Å². The Morgan fingerprint density at radius 3 is 2.30 bits per heavy atom. The molecule has 1 atom stereocenters. The number of amides is 1. The Bertz CT molecular complexity index is 926. The Morgan fingerprint density at radius 1 is 1.03 bits per heavy atom. The summed E-state index contributed by atoms with van der Waals surface area (Å²) in [6, 6.07) is 15.2. The summed E-state index contributed by atoms with van der Waals surface area (Å²) in [6.45, 7) is 2.21. The second-order valence-electron chi connectivity index (χ2n) is 6.68. The van der Waals surface area contributed by atoms with E-state index in [1.165, 1.54) is 31.4 Å². The van der Waals surface area contributed by atoms with Crippen molar-refractivity contribution >= 4 is 21.7 Å². The molecule has 8 heteroatoms. The molecule has 0 aliphatic rings. The normalized spacial score (nSPS) is 12.2. The van der Waals surface area contributed by atoms with Crippen molar-refractivity contribution in [3.05, 3.63) is 65.7 Å². The fourth-order valence-electron chi connectivity index (χ4n) is 2.84. The lowest BCUT2D eigenvalue weighted by Crippen LogP contribution is -2.35. The van der Waals surface area contributed by atoms with Crippen LogP contribution >= 0.6 is 0 Å². The predicted molar refractivity (Wildman–Crippen MR) is 113 cm³/mol. The Hall–Kier alpha value is -2.71. The van der Waals surface area contributed by atoms with Gasteiger partial charge in [-0.05, 0) is 43.2 Å². The minimum absolute atomic E-state index is 0.0984. The highest BCUT2D eigenvalue weighted by atomic mass is 32.2. The van der Waals surface area contributed by atoms with Crippen molar-refractivity contribution in [1.82, 2.24) is 5.32 Å². The molecule has 2 aromatic rings. The zero-order valence-corrected chi connectivity index (χ0v) is 18.0. The average Bonchev–Trinajstić information content (AvgIpc) is 2.76. The van der Waals surface area contributed by atoms with Crippen LogP contribution in [0.15, 0.2) is 59.5 Å². The first-order valence-electron chi connectivity index (χ1n) is 9.68. The van der Waals surface area contributed by atoms with Gasteiger partial charge in [-0.3, -0.25) is 9.59 Å². The van der Waals surface area contributed by atoms with Crippen LogP contribution in [0.2, 0.25) is 0 Å². The third kappa shape index (κ3) is 6.96. The standard InChI is InChI=1S/C22H27NO6S/c1-3-29-22(25)19(15-17-7-5-4-6-8-17)16-23-21(24)18-9-11-20(12-10-18)30(26,27)14-13-28-2/h4-12,19H,3,13-16H2,1-2H3,(H,23,24). The molecule has 0 fully saturated rings. The van der Waals surface area contributed by atoms with Gasteiger partial charge >= 0.3 is 5.97 Å². The zero-order chi connectivity index (χ0) is 22.0. The van der Waals surface area contributed by atoms with Crippen molar-refractivity contribution in [2.45, 2.75) is 18.2 Å².